The minimum Gasteiger partial charge on any atom is -0.487 e. The summed E-state index contributed by atoms with van der Waals surface area (Å²) in [5.41, 5.74) is 1.82. The van der Waals surface area contributed by atoms with E-state index >= 15 is 0 Å². The van der Waals surface area contributed by atoms with Crippen molar-refractivity contribution in [2.45, 2.75) is 13.5 Å². The smallest absolute Gasteiger partial charge is 0.328 e. The molecule has 2 aromatic rings. The molecule has 0 fully saturated rings. The van der Waals surface area contributed by atoms with Crippen molar-refractivity contribution in [2.75, 3.05) is 0 Å². The minimum absolute atomic E-state index is 0.454. The summed E-state index contributed by atoms with van der Waals surface area (Å²) >= 11 is 5.07. The molecule has 2 rings (SSSR count). The molecule has 0 spiro atoms. The minimum atomic E-state index is -0.974. The second-order valence-electron chi connectivity index (χ2n) is 4.19. The first-order chi connectivity index (χ1) is 9.56. The standard InChI is InChI=1S/C15H13BrO3S/c1-10-2-4-13(11(8-10)3-5-15(17)18)19-9-14-12(16)6-7-20-14/h2-8H,9H2,1H3,(H,17,18). The number of benzene rings is 1. The molecule has 0 unspecified atom stereocenters. The van der Waals surface area contributed by atoms with Crippen LogP contribution >= 0.6 is 27.3 Å². The molecule has 1 heterocycles. The van der Waals surface area contributed by atoms with Crippen molar-refractivity contribution in [1.29, 1.82) is 0 Å². The van der Waals surface area contributed by atoms with Crippen molar-refractivity contribution in [3.8, 4) is 5.75 Å². The molecule has 0 aliphatic carbocycles. The van der Waals surface area contributed by atoms with Crippen molar-refractivity contribution in [1.82, 2.24) is 0 Å². The van der Waals surface area contributed by atoms with E-state index in [9.17, 15) is 4.79 Å². The predicted octanol–water partition coefficient (Wildman–Crippen LogP) is 4.50. The molecule has 1 N–H and O–H groups in total. The van der Waals surface area contributed by atoms with Crippen LogP contribution in [0.3, 0.4) is 0 Å². The highest BCUT2D eigenvalue weighted by Gasteiger charge is 2.06. The molecule has 1 aromatic heterocycles. The molecule has 1 aromatic carbocycles. The van der Waals surface area contributed by atoms with Crippen LogP contribution in [0.15, 0.2) is 40.2 Å². The highest BCUT2D eigenvalue weighted by Crippen LogP contribution is 2.27. The fourth-order valence-electron chi connectivity index (χ4n) is 1.66. The lowest BCUT2D eigenvalue weighted by Gasteiger charge is -2.09. The lowest BCUT2D eigenvalue weighted by atomic mass is 10.1. The van der Waals surface area contributed by atoms with E-state index in [2.05, 4.69) is 15.9 Å². The number of aliphatic carboxylic acids is 1. The first kappa shape index (κ1) is 14.8. The van der Waals surface area contributed by atoms with E-state index in [0.717, 1.165) is 26.6 Å². The molecule has 3 nitrogen and oxygen atoms in total. The van der Waals surface area contributed by atoms with Gasteiger partial charge in [-0.2, -0.15) is 0 Å². The van der Waals surface area contributed by atoms with Crippen LogP contribution in [0.2, 0.25) is 0 Å². The number of aryl methyl sites for hydroxylation is 1. The third-order valence-electron chi connectivity index (χ3n) is 2.62. The number of carboxylic acids is 1. The summed E-state index contributed by atoms with van der Waals surface area (Å²) in [6.45, 7) is 2.41. The molecule has 0 amide bonds. The Morgan fingerprint density at radius 1 is 1.45 bits per heavy atom. The molecule has 0 saturated heterocycles. The Bertz CT molecular complexity index is 646. The molecule has 0 bridgehead atoms. The number of halogens is 1. The van der Waals surface area contributed by atoms with Crippen LogP contribution in [-0.4, -0.2) is 11.1 Å². The van der Waals surface area contributed by atoms with Crippen LogP contribution in [0.5, 0.6) is 5.75 Å². The molecular formula is C15H13BrO3S. The van der Waals surface area contributed by atoms with Gasteiger partial charge < -0.3 is 9.84 Å². The number of ether oxygens (including phenoxy) is 1. The van der Waals surface area contributed by atoms with Gasteiger partial charge in [0.05, 0.1) is 4.88 Å². The zero-order valence-corrected chi connectivity index (χ0v) is 13.2. The summed E-state index contributed by atoms with van der Waals surface area (Å²) in [7, 11) is 0. The van der Waals surface area contributed by atoms with E-state index < -0.39 is 5.97 Å². The monoisotopic (exact) mass is 352 g/mol. The molecule has 20 heavy (non-hydrogen) atoms. The number of carbonyl (C=O) groups is 1. The summed E-state index contributed by atoms with van der Waals surface area (Å²) in [4.78, 5) is 11.7. The first-order valence-electron chi connectivity index (χ1n) is 5.92. The summed E-state index contributed by atoms with van der Waals surface area (Å²) in [6.07, 6.45) is 2.66. The van der Waals surface area contributed by atoms with Gasteiger partial charge >= 0.3 is 5.97 Å². The van der Waals surface area contributed by atoms with Crippen LogP contribution in [0.4, 0.5) is 0 Å². The number of carboxylic acid groups (broad SMARTS) is 1. The van der Waals surface area contributed by atoms with Gasteiger partial charge in [0.1, 0.15) is 12.4 Å². The maximum Gasteiger partial charge on any atom is 0.328 e. The molecule has 5 heteroatoms. The van der Waals surface area contributed by atoms with Crippen LogP contribution in [0.25, 0.3) is 6.08 Å². The predicted molar refractivity (Wildman–Crippen MR) is 84.2 cm³/mol. The zero-order chi connectivity index (χ0) is 14.5. The van der Waals surface area contributed by atoms with E-state index in [1.165, 1.54) is 0 Å². The van der Waals surface area contributed by atoms with Gasteiger partial charge in [-0.05, 0) is 52.5 Å². The quantitative estimate of drug-likeness (QED) is 0.806. The molecule has 0 saturated carbocycles. The van der Waals surface area contributed by atoms with Gasteiger partial charge in [-0.15, -0.1) is 11.3 Å². The van der Waals surface area contributed by atoms with E-state index in [-0.39, 0.29) is 0 Å². The van der Waals surface area contributed by atoms with Crippen molar-refractivity contribution in [2.24, 2.45) is 0 Å². The van der Waals surface area contributed by atoms with Crippen molar-refractivity contribution >= 4 is 39.3 Å². The van der Waals surface area contributed by atoms with Crippen LogP contribution < -0.4 is 4.74 Å². The summed E-state index contributed by atoms with van der Waals surface area (Å²) in [6, 6.07) is 7.68. The Kier molecular flexibility index (Phi) is 4.98. The Labute approximate surface area is 129 Å². The highest BCUT2D eigenvalue weighted by atomic mass is 79.9. The molecular weight excluding hydrogens is 340 g/mol. The lowest BCUT2D eigenvalue weighted by molar-refractivity contribution is -0.131. The first-order valence-corrected chi connectivity index (χ1v) is 7.60. The molecule has 0 aliphatic rings. The van der Waals surface area contributed by atoms with Crippen molar-refractivity contribution in [3.05, 3.63) is 56.2 Å². The van der Waals surface area contributed by atoms with Gasteiger partial charge in [0.2, 0.25) is 0 Å². The number of thiophene rings is 1. The Morgan fingerprint density at radius 2 is 2.25 bits per heavy atom. The average Bonchev–Trinajstić information content (AvgIpc) is 2.81. The second kappa shape index (κ2) is 6.72. The SMILES string of the molecule is Cc1ccc(OCc2sccc2Br)c(C=CC(=O)O)c1. The van der Waals surface area contributed by atoms with Gasteiger partial charge in [-0.1, -0.05) is 11.6 Å². The maximum absolute atomic E-state index is 10.6. The molecule has 0 aliphatic heterocycles. The fraction of sp³-hybridized carbons (Fsp3) is 0.133. The third-order valence-corrected chi connectivity index (χ3v) is 4.52. The van der Waals surface area contributed by atoms with E-state index in [1.807, 2.05) is 36.6 Å². The van der Waals surface area contributed by atoms with Gasteiger partial charge in [0.25, 0.3) is 0 Å². The van der Waals surface area contributed by atoms with Crippen LogP contribution in [-0.2, 0) is 11.4 Å². The zero-order valence-electron chi connectivity index (χ0n) is 10.8. The Balaban J connectivity index is 2.18. The van der Waals surface area contributed by atoms with E-state index in [4.69, 9.17) is 9.84 Å². The van der Waals surface area contributed by atoms with Gasteiger partial charge in [-0.3, -0.25) is 0 Å². The van der Waals surface area contributed by atoms with Crippen LogP contribution in [0, 0.1) is 6.92 Å². The van der Waals surface area contributed by atoms with Crippen LogP contribution in [0.1, 0.15) is 16.0 Å². The summed E-state index contributed by atoms with van der Waals surface area (Å²) in [5.74, 6) is -0.299. The van der Waals surface area contributed by atoms with Crippen molar-refractivity contribution < 1.29 is 14.6 Å². The van der Waals surface area contributed by atoms with Crippen molar-refractivity contribution in [3.63, 3.8) is 0 Å². The topological polar surface area (TPSA) is 46.5 Å². The highest BCUT2D eigenvalue weighted by molar-refractivity contribution is 9.10. The van der Waals surface area contributed by atoms with Gasteiger partial charge in [0.15, 0.2) is 0 Å². The van der Waals surface area contributed by atoms with Gasteiger partial charge in [-0.25, -0.2) is 4.79 Å². The Morgan fingerprint density at radius 3 is 2.90 bits per heavy atom. The summed E-state index contributed by atoms with van der Waals surface area (Å²) in [5, 5.41) is 10.7. The Hall–Kier alpha value is -1.59. The fourth-order valence-corrected chi connectivity index (χ4v) is 3.04. The van der Waals surface area contributed by atoms with E-state index in [0.29, 0.717) is 12.4 Å². The number of hydrogen-bond acceptors (Lipinski definition) is 3. The normalized spacial score (nSPS) is 10.9. The molecule has 0 radical (unpaired) electrons. The average molecular weight is 353 g/mol. The second-order valence-corrected chi connectivity index (χ2v) is 6.05. The number of rotatable bonds is 5. The maximum atomic E-state index is 10.6. The van der Waals surface area contributed by atoms with Gasteiger partial charge in [0, 0.05) is 16.1 Å². The number of hydrogen-bond donors (Lipinski definition) is 1. The molecule has 0 atom stereocenters. The summed E-state index contributed by atoms with van der Waals surface area (Å²) < 4.78 is 6.81. The third kappa shape index (κ3) is 3.95. The van der Waals surface area contributed by atoms with E-state index in [1.54, 1.807) is 17.4 Å². The largest absolute Gasteiger partial charge is 0.487 e. The molecule has 104 valence electrons. The lowest BCUT2D eigenvalue weighted by Crippen LogP contribution is -1.96.